The first-order valence-electron chi connectivity index (χ1n) is 8.56. The van der Waals surface area contributed by atoms with Crippen molar-refractivity contribution < 1.29 is 19.1 Å². The summed E-state index contributed by atoms with van der Waals surface area (Å²) >= 11 is 0. The lowest BCUT2D eigenvalue weighted by Crippen LogP contribution is -2.35. The highest BCUT2D eigenvalue weighted by Crippen LogP contribution is 2.20. The fourth-order valence-electron chi connectivity index (χ4n) is 2.42. The number of esters is 1. The fraction of sp³-hybridized carbons (Fsp3) is 0.286. The van der Waals surface area contributed by atoms with Crippen LogP contribution in [0.5, 0.6) is 5.75 Å². The van der Waals surface area contributed by atoms with E-state index in [1.165, 1.54) is 13.8 Å². The van der Waals surface area contributed by atoms with E-state index in [0.717, 1.165) is 11.1 Å². The van der Waals surface area contributed by atoms with Crippen LogP contribution in [0, 0.1) is 25.2 Å². The van der Waals surface area contributed by atoms with E-state index in [4.69, 9.17) is 14.7 Å². The molecule has 27 heavy (non-hydrogen) atoms. The Labute approximate surface area is 158 Å². The Morgan fingerprint density at radius 3 is 2.15 bits per heavy atom. The SMILES string of the molecule is Cc1cccc(C)c1NC(=O)[C@@H](C)OC(=O)[C@H](C)Oc1ccc(C#N)cc1. The standard InChI is InChI=1S/C21H22N2O4/c1-13-6-5-7-14(2)19(13)23-20(24)15(3)27-21(25)16(4)26-18-10-8-17(12-22)9-11-18/h5-11,15-16H,1-4H3,(H,23,24)/t15-,16+/m1/s1. The average Bonchev–Trinajstić information content (AvgIpc) is 2.65. The summed E-state index contributed by atoms with van der Waals surface area (Å²) in [4.78, 5) is 24.5. The summed E-state index contributed by atoms with van der Waals surface area (Å²) in [5, 5.41) is 11.6. The van der Waals surface area contributed by atoms with Gasteiger partial charge in [0.25, 0.3) is 5.91 Å². The highest BCUT2D eigenvalue weighted by Gasteiger charge is 2.24. The normalized spacial score (nSPS) is 12.4. The summed E-state index contributed by atoms with van der Waals surface area (Å²) in [5.41, 5.74) is 3.07. The van der Waals surface area contributed by atoms with Gasteiger partial charge in [-0.25, -0.2) is 4.79 Å². The molecule has 0 aliphatic rings. The van der Waals surface area contributed by atoms with Gasteiger partial charge in [0.05, 0.1) is 11.6 Å². The van der Waals surface area contributed by atoms with Gasteiger partial charge in [-0.2, -0.15) is 5.26 Å². The van der Waals surface area contributed by atoms with E-state index >= 15 is 0 Å². The van der Waals surface area contributed by atoms with Crippen LogP contribution < -0.4 is 10.1 Å². The van der Waals surface area contributed by atoms with Crippen LogP contribution in [-0.2, 0) is 14.3 Å². The van der Waals surface area contributed by atoms with Gasteiger partial charge >= 0.3 is 5.97 Å². The first-order chi connectivity index (χ1) is 12.8. The van der Waals surface area contributed by atoms with Crippen LogP contribution in [-0.4, -0.2) is 24.1 Å². The molecule has 0 aliphatic heterocycles. The second-order valence-corrected chi connectivity index (χ2v) is 6.23. The number of anilines is 1. The number of para-hydroxylation sites is 1. The summed E-state index contributed by atoms with van der Waals surface area (Å²) in [6.07, 6.45) is -1.86. The molecule has 6 nitrogen and oxygen atoms in total. The third kappa shape index (κ3) is 5.32. The molecule has 0 spiro atoms. The molecule has 0 fully saturated rings. The molecule has 2 rings (SSSR count). The Morgan fingerprint density at radius 2 is 1.59 bits per heavy atom. The molecule has 6 heteroatoms. The first kappa shape index (κ1) is 20.0. The Kier molecular flexibility index (Phi) is 6.56. The topological polar surface area (TPSA) is 88.4 Å². The Balaban J connectivity index is 1.93. The lowest BCUT2D eigenvalue weighted by Gasteiger charge is -2.19. The molecule has 1 N–H and O–H groups in total. The van der Waals surface area contributed by atoms with E-state index in [1.807, 2.05) is 38.1 Å². The van der Waals surface area contributed by atoms with E-state index in [1.54, 1.807) is 24.3 Å². The lowest BCUT2D eigenvalue weighted by atomic mass is 10.1. The van der Waals surface area contributed by atoms with Gasteiger partial charge in [0.15, 0.2) is 12.2 Å². The predicted molar refractivity (Wildman–Crippen MR) is 101 cm³/mol. The van der Waals surface area contributed by atoms with E-state index in [0.29, 0.717) is 17.0 Å². The molecule has 2 aromatic rings. The predicted octanol–water partition coefficient (Wildman–Crippen LogP) is 3.51. The number of benzene rings is 2. The van der Waals surface area contributed by atoms with Crippen molar-refractivity contribution >= 4 is 17.6 Å². The van der Waals surface area contributed by atoms with E-state index in [9.17, 15) is 9.59 Å². The number of rotatable bonds is 6. The first-order valence-corrected chi connectivity index (χ1v) is 8.56. The molecule has 0 aliphatic carbocycles. The summed E-state index contributed by atoms with van der Waals surface area (Å²) in [6.45, 7) is 6.84. The number of nitriles is 1. The van der Waals surface area contributed by atoms with Crippen molar-refractivity contribution in [3.8, 4) is 11.8 Å². The summed E-state index contributed by atoms with van der Waals surface area (Å²) in [7, 11) is 0. The van der Waals surface area contributed by atoms with E-state index in [2.05, 4.69) is 5.32 Å². The maximum atomic E-state index is 12.3. The van der Waals surface area contributed by atoms with Gasteiger partial charge in [0, 0.05) is 5.69 Å². The van der Waals surface area contributed by atoms with Crippen LogP contribution in [0.4, 0.5) is 5.69 Å². The van der Waals surface area contributed by atoms with E-state index < -0.39 is 24.1 Å². The molecule has 0 saturated carbocycles. The summed E-state index contributed by atoms with van der Waals surface area (Å²) < 4.78 is 10.7. The molecule has 0 unspecified atom stereocenters. The van der Waals surface area contributed by atoms with Crippen molar-refractivity contribution in [1.29, 1.82) is 5.26 Å². The number of aryl methyl sites for hydroxylation is 2. The Hall–Kier alpha value is -3.33. The van der Waals surface area contributed by atoms with E-state index in [-0.39, 0.29) is 0 Å². The smallest absolute Gasteiger partial charge is 0.347 e. The monoisotopic (exact) mass is 366 g/mol. The number of hydrogen-bond acceptors (Lipinski definition) is 5. The van der Waals surface area contributed by atoms with Gasteiger partial charge in [-0.05, 0) is 63.1 Å². The zero-order valence-electron chi connectivity index (χ0n) is 15.8. The molecule has 0 radical (unpaired) electrons. The zero-order chi connectivity index (χ0) is 20.0. The average molecular weight is 366 g/mol. The van der Waals surface area contributed by atoms with Crippen molar-refractivity contribution in [2.45, 2.75) is 39.9 Å². The fourth-order valence-corrected chi connectivity index (χ4v) is 2.42. The number of carbonyl (C=O) groups excluding carboxylic acids is 2. The number of hydrogen-bond donors (Lipinski definition) is 1. The Morgan fingerprint density at radius 1 is 1.00 bits per heavy atom. The van der Waals surface area contributed by atoms with Gasteiger partial charge in [0.1, 0.15) is 5.75 Å². The number of nitrogens with zero attached hydrogens (tertiary/aromatic N) is 1. The molecule has 0 heterocycles. The second kappa shape index (κ2) is 8.86. The third-order valence-corrected chi connectivity index (χ3v) is 4.02. The molecule has 0 aromatic heterocycles. The molecule has 140 valence electrons. The summed E-state index contributed by atoms with van der Waals surface area (Å²) in [6, 6.07) is 14.1. The number of carbonyl (C=O) groups is 2. The van der Waals surface area contributed by atoms with Gasteiger partial charge in [-0.15, -0.1) is 0 Å². The van der Waals surface area contributed by atoms with Crippen LogP contribution in [0.25, 0.3) is 0 Å². The van der Waals surface area contributed by atoms with Crippen molar-refractivity contribution in [2.24, 2.45) is 0 Å². The molecule has 0 bridgehead atoms. The van der Waals surface area contributed by atoms with Gasteiger partial charge in [-0.3, -0.25) is 4.79 Å². The molecular formula is C21H22N2O4. The molecular weight excluding hydrogens is 344 g/mol. The largest absolute Gasteiger partial charge is 0.479 e. The molecule has 0 saturated heterocycles. The lowest BCUT2D eigenvalue weighted by molar-refractivity contribution is -0.159. The van der Waals surface area contributed by atoms with Crippen molar-refractivity contribution in [2.75, 3.05) is 5.32 Å². The van der Waals surface area contributed by atoms with Crippen LogP contribution in [0.15, 0.2) is 42.5 Å². The van der Waals surface area contributed by atoms with Crippen LogP contribution >= 0.6 is 0 Å². The van der Waals surface area contributed by atoms with Crippen molar-refractivity contribution in [3.63, 3.8) is 0 Å². The van der Waals surface area contributed by atoms with Crippen LogP contribution in [0.1, 0.15) is 30.5 Å². The molecule has 2 atom stereocenters. The maximum absolute atomic E-state index is 12.3. The Bertz CT molecular complexity index is 848. The van der Waals surface area contributed by atoms with Crippen LogP contribution in [0.2, 0.25) is 0 Å². The second-order valence-electron chi connectivity index (χ2n) is 6.23. The number of nitrogens with one attached hydrogen (secondary N) is 1. The highest BCUT2D eigenvalue weighted by atomic mass is 16.6. The summed E-state index contributed by atoms with van der Waals surface area (Å²) in [5.74, 6) is -0.624. The minimum atomic E-state index is -0.969. The van der Waals surface area contributed by atoms with Crippen LogP contribution in [0.3, 0.4) is 0 Å². The van der Waals surface area contributed by atoms with Gasteiger partial charge in [0.2, 0.25) is 0 Å². The minimum Gasteiger partial charge on any atom is -0.479 e. The van der Waals surface area contributed by atoms with Crippen molar-refractivity contribution in [1.82, 2.24) is 0 Å². The van der Waals surface area contributed by atoms with Crippen molar-refractivity contribution in [3.05, 3.63) is 59.2 Å². The maximum Gasteiger partial charge on any atom is 0.347 e. The zero-order valence-corrected chi connectivity index (χ0v) is 15.8. The molecule has 1 amide bonds. The number of amides is 1. The van der Waals surface area contributed by atoms with Gasteiger partial charge in [-0.1, -0.05) is 18.2 Å². The number of ether oxygens (including phenoxy) is 2. The molecule has 2 aromatic carbocycles. The highest BCUT2D eigenvalue weighted by molar-refractivity contribution is 5.96. The minimum absolute atomic E-state index is 0.411. The quantitative estimate of drug-likeness (QED) is 0.790. The van der Waals surface area contributed by atoms with Gasteiger partial charge < -0.3 is 14.8 Å². The third-order valence-electron chi connectivity index (χ3n) is 4.02.